The number of hydrogen-bond donors (Lipinski definition) is 1. The molecule has 1 amide bonds. The van der Waals surface area contributed by atoms with Crippen molar-refractivity contribution in [2.75, 3.05) is 5.32 Å². The van der Waals surface area contributed by atoms with Crippen molar-refractivity contribution in [3.05, 3.63) is 36.4 Å². The molecule has 1 aromatic carbocycles. The molecule has 0 atom stereocenters. The van der Waals surface area contributed by atoms with Crippen LogP contribution >= 0.6 is 11.3 Å². The number of nitrogens with zero attached hydrogens (tertiary/aromatic N) is 4. The Bertz CT molecular complexity index is 719. The highest BCUT2D eigenvalue weighted by molar-refractivity contribution is 7.22. The van der Waals surface area contributed by atoms with Crippen LogP contribution in [0.25, 0.3) is 10.2 Å². The minimum atomic E-state index is -0.165. The molecule has 1 N–H and O–H groups in total. The van der Waals surface area contributed by atoms with Gasteiger partial charge in [-0.2, -0.15) is 5.10 Å². The number of aromatic nitrogens is 4. The van der Waals surface area contributed by atoms with Crippen LogP contribution in [0, 0.1) is 6.92 Å². The molecule has 0 radical (unpaired) electrons. The molecule has 7 heteroatoms. The quantitative estimate of drug-likeness (QED) is 0.790. The smallest absolute Gasteiger partial charge is 0.247 e. The number of benzene rings is 1. The number of carbonyl (C=O) groups is 1. The van der Waals surface area contributed by atoms with Crippen LogP contribution < -0.4 is 5.32 Å². The van der Waals surface area contributed by atoms with E-state index in [4.69, 9.17) is 0 Å². The molecular weight excluding hydrogens is 262 g/mol. The molecule has 0 spiro atoms. The Morgan fingerprint density at radius 1 is 1.47 bits per heavy atom. The number of nitrogens with one attached hydrogen (secondary N) is 1. The van der Waals surface area contributed by atoms with Crippen molar-refractivity contribution in [3.8, 4) is 0 Å². The molecule has 0 aliphatic carbocycles. The van der Waals surface area contributed by atoms with Crippen molar-refractivity contribution < 1.29 is 4.79 Å². The minimum absolute atomic E-state index is 0.134. The van der Waals surface area contributed by atoms with Gasteiger partial charge in [-0.25, -0.2) is 14.6 Å². The van der Waals surface area contributed by atoms with E-state index in [9.17, 15) is 4.79 Å². The molecule has 0 fully saturated rings. The lowest BCUT2D eigenvalue weighted by atomic mass is 10.2. The molecule has 3 rings (SSSR count). The summed E-state index contributed by atoms with van der Waals surface area (Å²) in [5.41, 5.74) is 2.04. The summed E-state index contributed by atoms with van der Waals surface area (Å²) in [7, 11) is 0. The molecule has 19 heavy (non-hydrogen) atoms. The first-order valence-corrected chi connectivity index (χ1v) is 6.52. The van der Waals surface area contributed by atoms with Crippen LogP contribution in [0.3, 0.4) is 0 Å². The van der Waals surface area contributed by atoms with Crippen molar-refractivity contribution in [3.63, 3.8) is 0 Å². The monoisotopic (exact) mass is 273 g/mol. The fourth-order valence-corrected chi connectivity index (χ4v) is 2.72. The van der Waals surface area contributed by atoms with Gasteiger partial charge < -0.3 is 5.32 Å². The third kappa shape index (κ3) is 2.45. The Morgan fingerprint density at radius 3 is 3.11 bits per heavy atom. The molecule has 0 bridgehead atoms. The van der Waals surface area contributed by atoms with Gasteiger partial charge in [-0.3, -0.25) is 4.79 Å². The fourth-order valence-electron chi connectivity index (χ4n) is 1.76. The lowest BCUT2D eigenvalue weighted by Crippen LogP contribution is -2.18. The molecule has 96 valence electrons. The second-order valence-electron chi connectivity index (χ2n) is 4.08. The van der Waals surface area contributed by atoms with Gasteiger partial charge in [0.1, 0.15) is 19.2 Å². The van der Waals surface area contributed by atoms with Crippen molar-refractivity contribution >= 4 is 32.6 Å². The fraction of sp³-hybridized carbons (Fsp3) is 0.167. The van der Waals surface area contributed by atoms with Crippen molar-refractivity contribution in [1.29, 1.82) is 0 Å². The maximum Gasteiger partial charge on any atom is 0.247 e. The van der Waals surface area contributed by atoms with Gasteiger partial charge in [-0.05, 0) is 18.6 Å². The van der Waals surface area contributed by atoms with E-state index in [1.54, 1.807) is 0 Å². The van der Waals surface area contributed by atoms with Gasteiger partial charge in [0.25, 0.3) is 0 Å². The maximum atomic E-state index is 11.8. The van der Waals surface area contributed by atoms with Gasteiger partial charge in [0.15, 0.2) is 5.13 Å². The van der Waals surface area contributed by atoms with Crippen molar-refractivity contribution in [2.45, 2.75) is 13.5 Å². The Hall–Kier alpha value is -2.28. The Morgan fingerprint density at radius 2 is 2.37 bits per heavy atom. The highest BCUT2D eigenvalue weighted by Gasteiger charge is 2.09. The highest BCUT2D eigenvalue weighted by atomic mass is 32.1. The minimum Gasteiger partial charge on any atom is -0.300 e. The van der Waals surface area contributed by atoms with Crippen LogP contribution in [-0.4, -0.2) is 25.7 Å². The normalized spacial score (nSPS) is 10.8. The van der Waals surface area contributed by atoms with Crippen LogP contribution in [-0.2, 0) is 11.3 Å². The summed E-state index contributed by atoms with van der Waals surface area (Å²) in [6.45, 7) is 2.14. The summed E-state index contributed by atoms with van der Waals surface area (Å²) < 4.78 is 2.53. The van der Waals surface area contributed by atoms with Gasteiger partial charge in [0.2, 0.25) is 5.91 Å². The van der Waals surface area contributed by atoms with E-state index in [0.29, 0.717) is 5.13 Å². The number of aryl methyl sites for hydroxylation is 1. The number of rotatable bonds is 3. The molecule has 0 saturated heterocycles. The van der Waals surface area contributed by atoms with E-state index in [1.807, 2.05) is 25.1 Å². The highest BCUT2D eigenvalue weighted by Crippen LogP contribution is 2.27. The average molecular weight is 273 g/mol. The largest absolute Gasteiger partial charge is 0.300 e. The van der Waals surface area contributed by atoms with Crippen molar-refractivity contribution in [2.24, 2.45) is 0 Å². The average Bonchev–Trinajstić information content (AvgIpc) is 2.98. The molecule has 0 aliphatic heterocycles. The first-order valence-electron chi connectivity index (χ1n) is 5.71. The van der Waals surface area contributed by atoms with Gasteiger partial charge in [0.05, 0.1) is 10.2 Å². The Balaban J connectivity index is 1.78. The molecule has 0 saturated carbocycles. The zero-order chi connectivity index (χ0) is 13.2. The lowest BCUT2D eigenvalue weighted by Gasteiger charge is -2.00. The second kappa shape index (κ2) is 4.77. The molecular formula is C12H11N5OS. The van der Waals surface area contributed by atoms with Gasteiger partial charge in [-0.15, -0.1) is 0 Å². The zero-order valence-electron chi connectivity index (χ0n) is 10.2. The van der Waals surface area contributed by atoms with Gasteiger partial charge in [-0.1, -0.05) is 23.5 Å². The Labute approximate surface area is 113 Å². The van der Waals surface area contributed by atoms with Crippen LogP contribution in [0.2, 0.25) is 0 Å². The van der Waals surface area contributed by atoms with Crippen molar-refractivity contribution in [1.82, 2.24) is 19.7 Å². The van der Waals surface area contributed by atoms with Crippen LogP contribution in [0.1, 0.15) is 5.56 Å². The number of carbonyl (C=O) groups excluding carboxylic acids is 1. The van der Waals surface area contributed by atoms with E-state index < -0.39 is 0 Å². The topological polar surface area (TPSA) is 72.7 Å². The standard InChI is InChI=1S/C12H11N5OS/c1-8-3-2-4-9-11(8)16-12(19-9)15-10(18)5-17-7-13-6-14-17/h2-4,6-7H,5H2,1H3,(H,15,16,18). The Kier molecular flexibility index (Phi) is 2.96. The molecule has 2 aromatic heterocycles. The van der Waals surface area contributed by atoms with Gasteiger partial charge in [0, 0.05) is 0 Å². The molecule has 0 aliphatic rings. The third-order valence-electron chi connectivity index (χ3n) is 2.64. The van der Waals surface area contributed by atoms with Gasteiger partial charge >= 0.3 is 0 Å². The predicted octanol–water partition coefficient (Wildman–Crippen LogP) is 1.83. The summed E-state index contributed by atoms with van der Waals surface area (Å²) in [4.78, 5) is 20.0. The number of anilines is 1. The molecule has 3 aromatic rings. The summed E-state index contributed by atoms with van der Waals surface area (Å²) in [6, 6.07) is 5.98. The maximum absolute atomic E-state index is 11.8. The van der Waals surface area contributed by atoms with E-state index in [2.05, 4.69) is 20.4 Å². The summed E-state index contributed by atoms with van der Waals surface area (Å²) in [5.74, 6) is -0.165. The van der Waals surface area contributed by atoms with E-state index in [0.717, 1.165) is 15.8 Å². The van der Waals surface area contributed by atoms with Crippen LogP contribution in [0.5, 0.6) is 0 Å². The molecule has 0 unspecified atom stereocenters. The first kappa shape index (κ1) is 11.8. The first-order chi connectivity index (χ1) is 9.22. The number of fused-ring (bicyclic) bond motifs is 1. The van der Waals surface area contributed by atoms with E-state index in [1.165, 1.54) is 28.7 Å². The van der Waals surface area contributed by atoms with E-state index >= 15 is 0 Å². The summed E-state index contributed by atoms with van der Waals surface area (Å²) in [5, 5.41) is 7.27. The number of para-hydroxylation sites is 1. The summed E-state index contributed by atoms with van der Waals surface area (Å²) >= 11 is 1.46. The predicted molar refractivity (Wildman–Crippen MR) is 73.0 cm³/mol. The number of amides is 1. The van der Waals surface area contributed by atoms with E-state index in [-0.39, 0.29) is 12.5 Å². The summed E-state index contributed by atoms with van der Waals surface area (Å²) in [6.07, 6.45) is 2.90. The second-order valence-corrected chi connectivity index (χ2v) is 5.11. The lowest BCUT2D eigenvalue weighted by molar-refractivity contribution is -0.116. The SMILES string of the molecule is Cc1cccc2sc(NC(=O)Cn3cncn3)nc12. The molecule has 6 nitrogen and oxygen atoms in total. The zero-order valence-corrected chi connectivity index (χ0v) is 11.0. The van der Waals surface area contributed by atoms with Crippen LogP contribution in [0.4, 0.5) is 5.13 Å². The molecule has 2 heterocycles. The number of hydrogen-bond acceptors (Lipinski definition) is 5. The third-order valence-corrected chi connectivity index (χ3v) is 3.58. The number of thiazole rings is 1. The van der Waals surface area contributed by atoms with Crippen LogP contribution in [0.15, 0.2) is 30.9 Å².